The maximum Gasteiger partial charge on any atom is 0.229 e. The van der Waals surface area contributed by atoms with Crippen LogP contribution in [0.4, 0.5) is 0 Å². The summed E-state index contributed by atoms with van der Waals surface area (Å²) in [5, 5.41) is 4.15. The summed E-state index contributed by atoms with van der Waals surface area (Å²) in [6, 6.07) is 0. The van der Waals surface area contributed by atoms with Gasteiger partial charge in [-0.1, -0.05) is 31.8 Å². The molecule has 4 heteroatoms. The Morgan fingerprint density at radius 3 is 2.76 bits per heavy atom. The Balaban J connectivity index is 1.88. The highest BCUT2D eigenvalue weighted by Gasteiger charge is 2.44. The summed E-state index contributed by atoms with van der Waals surface area (Å²) in [5.74, 6) is 3.10. The molecule has 0 aromatic carbocycles. The van der Waals surface area contributed by atoms with Gasteiger partial charge in [0.15, 0.2) is 5.82 Å². The van der Waals surface area contributed by atoms with Gasteiger partial charge in [-0.25, -0.2) is 0 Å². The van der Waals surface area contributed by atoms with Crippen LogP contribution in [0.3, 0.4) is 0 Å². The number of hydrogen-bond acceptors (Lipinski definition) is 4. The predicted molar refractivity (Wildman–Crippen MR) is 64.3 cm³/mol. The van der Waals surface area contributed by atoms with E-state index in [2.05, 4.69) is 24.0 Å². The van der Waals surface area contributed by atoms with Gasteiger partial charge in [0.2, 0.25) is 5.89 Å². The number of aromatic nitrogens is 2. The van der Waals surface area contributed by atoms with E-state index in [1.807, 2.05) is 0 Å². The SMILES string of the molecule is CC1CCCC(N)(c2noc(C3CC3)n2)C1C. The second-order valence-electron chi connectivity index (χ2n) is 5.93. The Labute approximate surface area is 102 Å². The molecule has 1 heterocycles. The molecule has 2 saturated carbocycles. The second-order valence-corrected chi connectivity index (χ2v) is 5.93. The zero-order valence-electron chi connectivity index (χ0n) is 10.6. The molecule has 0 spiro atoms. The van der Waals surface area contributed by atoms with Gasteiger partial charge in [-0.2, -0.15) is 4.98 Å². The van der Waals surface area contributed by atoms with E-state index in [1.165, 1.54) is 19.3 Å². The van der Waals surface area contributed by atoms with Crippen LogP contribution in [0.25, 0.3) is 0 Å². The van der Waals surface area contributed by atoms with Gasteiger partial charge >= 0.3 is 0 Å². The van der Waals surface area contributed by atoms with Crippen LogP contribution < -0.4 is 5.73 Å². The van der Waals surface area contributed by atoms with E-state index in [-0.39, 0.29) is 5.54 Å². The van der Waals surface area contributed by atoms with E-state index in [9.17, 15) is 0 Å². The van der Waals surface area contributed by atoms with Crippen molar-refractivity contribution in [1.29, 1.82) is 0 Å². The Morgan fingerprint density at radius 1 is 1.29 bits per heavy atom. The minimum absolute atomic E-state index is 0.381. The lowest BCUT2D eigenvalue weighted by atomic mass is 9.68. The maximum atomic E-state index is 6.56. The minimum Gasteiger partial charge on any atom is -0.339 e. The molecule has 0 amide bonds. The zero-order valence-corrected chi connectivity index (χ0v) is 10.6. The Kier molecular flexibility index (Phi) is 2.51. The molecule has 2 fully saturated rings. The lowest BCUT2D eigenvalue weighted by Gasteiger charge is -2.40. The third kappa shape index (κ3) is 1.79. The van der Waals surface area contributed by atoms with Gasteiger partial charge in [-0.3, -0.25) is 0 Å². The molecule has 0 bridgehead atoms. The molecular formula is C13H21N3O. The van der Waals surface area contributed by atoms with Crippen LogP contribution in [-0.2, 0) is 5.54 Å². The van der Waals surface area contributed by atoms with Gasteiger partial charge in [-0.05, 0) is 31.1 Å². The summed E-state index contributed by atoms with van der Waals surface area (Å²) in [7, 11) is 0. The molecule has 0 radical (unpaired) electrons. The summed E-state index contributed by atoms with van der Waals surface area (Å²) < 4.78 is 5.35. The monoisotopic (exact) mass is 235 g/mol. The fourth-order valence-electron chi connectivity index (χ4n) is 2.94. The van der Waals surface area contributed by atoms with Crippen LogP contribution in [0, 0.1) is 11.8 Å². The van der Waals surface area contributed by atoms with E-state index in [1.54, 1.807) is 0 Å². The Bertz CT molecular complexity index is 413. The van der Waals surface area contributed by atoms with Gasteiger partial charge in [0, 0.05) is 5.92 Å². The molecule has 3 rings (SSSR count). The molecule has 94 valence electrons. The average Bonchev–Trinajstić information content (AvgIpc) is 3.04. The number of nitrogens with two attached hydrogens (primary N) is 1. The molecular weight excluding hydrogens is 214 g/mol. The predicted octanol–water partition coefficient (Wildman–Crippen LogP) is 2.56. The fourth-order valence-corrected chi connectivity index (χ4v) is 2.94. The van der Waals surface area contributed by atoms with Crippen molar-refractivity contribution in [2.24, 2.45) is 17.6 Å². The maximum absolute atomic E-state index is 6.56. The lowest BCUT2D eigenvalue weighted by molar-refractivity contribution is 0.132. The quantitative estimate of drug-likeness (QED) is 0.855. The molecule has 1 aromatic heterocycles. The van der Waals surface area contributed by atoms with E-state index in [0.717, 1.165) is 24.6 Å². The largest absolute Gasteiger partial charge is 0.339 e. The highest BCUT2D eigenvalue weighted by molar-refractivity contribution is 5.11. The first-order valence-electron chi connectivity index (χ1n) is 6.74. The first-order chi connectivity index (χ1) is 8.11. The van der Waals surface area contributed by atoms with E-state index in [4.69, 9.17) is 10.3 Å². The highest BCUT2D eigenvalue weighted by Crippen LogP contribution is 2.43. The van der Waals surface area contributed by atoms with Gasteiger partial charge in [0.05, 0.1) is 5.54 Å². The third-order valence-electron chi connectivity index (χ3n) is 4.70. The Morgan fingerprint density at radius 2 is 2.06 bits per heavy atom. The topological polar surface area (TPSA) is 64.9 Å². The molecule has 2 aliphatic carbocycles. The number of nitrogens with zero attached hydrogens (tertiary/aromatic N) is 2. The molecule has 1 aromatic rings. The molecule has 3 atom stereocenters. The smallest absolute Gasteiger partial charge is 0.229 e. The van der Waals surface area contributed by atoms with E-state index >= 15 is 0 Å². The summed E-state index contributed by atoms with van der Waals surface area (Å²) in [5.41, 5.74) is 6.18. The molecule has 4 nitrogen and oxygen atoms in total. The molecule has 2 aliphatic rings. The van der Waals surface area contributed by atoms with Crippen molar-refractivity contribution >= 4 is 0 Å². The van der Waals surface area contributed by atoms with E-state index < -0.39 is 0 Å². The highest BCUT2D eigenvalue weighted by atomic mass is 16.5. The van der Waals surface area contributed by atoms with Crippen LogP contribution in [-0.4, -0.2) is 10.1 Å². The van der Waals surface area contributed by atoms with Crippen LogP contribution in [0.15, 0.2) is 4.52 Å². The van der Waals surface area contributed by atoms with Crippen molar-refractivity contribution in [2.75, 3.05) is 0 Å². The van der Waals surface area contributed by atoms with Crippen LogP contribution in [0.2, 0.25) is 0 Å². The van der Waals surface area contributed by atoms with Crippen LogP contribution in [0.5, 0.6) is 0 Å². The van der Waals surface area contributed by atoms with E-state index in [0.29, 0.717) is 17.8 Å². The summed E-state index contributed by atoms with van der Waals surface area (Å²) in [4.78, 5) is 4.55. The van der Waals surface area contributed by atoms with Gasteiger partial charge in [0.25, 0.3) is 0 Å². The molecule has 17 heavy (non-hydrogen) atoms. The number of rotatable bonds is 2. The summed E-state index contributed by atoms with van der Waals surface area (Å²) in [6.07, 6.45) is 5.77. The first-order valence-corrected chi connectivity index (χ1v) is 6.74. The summed E-state index contributed by atoms with van der Waals surface area (Å²) in [6.45, 7) is 4.49. The van der Waals surface area contributed by atoms with Crippen LogP contribution >= 0.6 is 0 Å². The number of hydrogen-bond donors (Lipinski definition) is 1. The zero-order chi connectivity index (χ0) is 12.0. The van der Waals surface area contributed by atoms with Crippen molar-refractivity contribution in [3.05, 3.63) is 11.7 Å². The lowest BCUT2D eigenvalue weighted by Crippen LogP contribution is -2.48. The summed E-state index contributed by atoms with van der Waals surface area (Å²) >= 11 is 0. The molecule has 0 aliphatic heterocycles. The standard InChI is InChI=1S/C13H21N3O/c1-8-4-3-7-13(14,9(8)2)12-15-11(17-16-12)10-5-6-10/h8-10H,3-7,14H2,1-2H3. The van der Waals surface area contributed by atoms with Crippen molar-refractivity contribution in [1.82, 2.24) is 10.1 Å². The van der Waals surface area contributed by atoms with Gasteiger partial charge in [-0.15, -0.1) is 0 Å². The van der Waals surface area contributed by atoms with Crippen molar-refractivity contribution in [3.63, 3.8) is 0 Å². The van der Waals surface area contributed by atoms with Crippen molar-refractivity contribution in [2.45, 2.75) is 57.4 Å². The molecule has 0 saturated heterocycles. The van der Waals surface area contributed by atoms with Crippen LogP contribution in [0.1, 0.15) is 63.6 Å². The first kappa shape index (κ1) is 11.2. The minimum atomic E-state index is -0.381. The third-order valence-corrected chi connectivity index (χ3v) is 4.70. The molecule has 2 N–H and O–H groups in total. The van der Waals surface area contributed by atoms with Crippen molar-refractivity contribution in [3.8, 4) is 0 Å². The average molecular weight is 235 g/mol. The van der Waals surface area contributed by atoms with Crippen molar-refractivity contribution < 1.29 is 4.52 Å². The Hall–Kier alpha value is -0.900. The normalized spacial score (nSPS) is 38.3. The molecule has 3 unspecified atom stereocenters. The van der Waals surface area contributed by atoms with Gasteiger partial charge in [0.1, 0.15) is 0 Å². The van der Waals surface area contributed by atoms with Gasteiger partial charge < -0.3 is 10.3 Å². The fraction of sp³-hybridized carbons (Fsp3) is 0.846. The second kappa shape index (κ2) is 3.80.